The Balaban J connectivity index is 2.66. The summed E-state index contributed by atoms with van der Waals surface area (Å²) in [5.74, 6) is -0.222. The van der Waals surface area contributed by atoms with Gasteiger partial charge in [0.1, 0.15) is 6.04 Å². The van der Waals surface area contributed by atoms with Crippen molar-refractivity contribution in [2.75, 3.05) is 0 Å². The summed E-state index contributed by atoms with van der Waals surface area (Å²) < 4.78 is 0. The van der Waals surface area contributed by atoms with Crippen LogP contribution in [0.25, 0.3) is 0 Å². The minimum atomic E-state index is -0.502. The van der Waals surface area contributed by atoms with E-state index in [1.807, 2.05) is 6.92 Å². The van der Waals surface area contributed by atoms with Gasteiger partial charge >= 0.3 is 0 Å². The molecule has 1 amide bonds. The van der Waals surface area contributed by atoms with E-state index in [4.69, 9.17) is 28.9 Å². The second-order valence-electron chi connectivity index (χ2n) is 3.17. The molecule has 70 valence electrons. The lowest BCUT2D eigenvalue weighted by Gasteiger charge is -2.34. The zero-order valence-electron chi connectivity index (χ0n) is 6.76. The van der Waals surface area contributed by atoms with E-state index in [2.05, 4.69) is 5.32 Å². The van der Waals surface area contributed by atoms with Crippen molar-refractivity contribution in [2.24, 2.45) is 11.7 Å². The highest BCUT2D eigenvalue weighted by Crippen LogP contribution is 2.26. The van der Waals surface area contributed by atoms with E-state index in [1.54, 1.807) is 0 Å². The van der Waals surface area contributed by atoms with E-state index in [9.17, 15) is 4.79 Å². The topological polar surface area (TPSA) is 55.1 Å². The number of primary amides is 1. The van der Waals surface area contributed by atoms with Crippen molar-refractivity contribution >= 4 is 29.1 Å². The molecule has 0 aromatic heterocycles. The number of hydrogen-bond donors (Lipinski definition) is 2. The third-order valence-electron chi connectivity index (χ3n) is 2.11. The summed E-state index contributed by atoms with van der Waals surface area (Å²) in [5.41, 5.74) is 4.94. The predicted molar refractivity (Wildman–Crippen MR) is 49.2 cm³/mol. The van der Waals surface area contributed by atoms with Gasteiger partial charge in [0.2, 0.25) is 5.91 Å². The normalized spacial score (nSPS) is 42.6. The van der Waals surface area contributed by atoms with Crippen LogP contribution in [0.5, 0.6) is 0 Å². The first-order valence-electron chi connectivity index (χ1n) is 3.86. The number of piperidine rings is 1. The zero-order chi connectivity index (χ0) is 9.30. The molecule has 3 N–H and O–H groups in total. The molecule has 1 rings (SSSR count). The summed E-state index contributed by atoms with van der Waals surface area (Å²) in [4.78, 5) is 10.9. The molecule has 4 atom stereocenters. The average molecular weight is 211 g/mol. The molecule has 1 heterocycles. The van der Waals surface area contributed by atoms with Crippen molar-refractivity contribution in [3.05, 3.63) is 0 Å². The van der Waals surface area contributed by atoms with Crippen LogP contribution in [0.1, 0.15) is 13.3 Å². The second kappa shape index (κ2) is 3.81. The van der Waals surface area contributed by atoms with Gasteiger partial charge in [0.25, 0.3) is 0 Å². The standard InChI is InChI=1S/C7H12Cl2N2O/c1-3-2-4(8)11-6(5(3)9)7(10)12/h3-6,11H,2H2,1H3,(H2,10,12). The first kappa shape index (κ1) is 10.1. The molecular weight excluding hydrogens is 199 g/mol. The maximum atomic E-state index is 10.9. The van der Waals surface area contributed by atoms with E-state index in [0.717, 1.165) is 6.42 Å². The van der Waals surface area contributed by atoms with Crippen molar-refractivity contribution in [1.29, 1.82) is 0 Å². The SMILES string of the molecule is CC1CC(Cl)NC(C(N)=O)C1Cl. The lowest BCUT2D eigenvalue weighted by molar-refractivity contribution is -0.120. The van der Waals surface area contributed by atoms with Gasteiger partial charge < -0.3 is 5.73 Å². The molecule has 0 spiro atoms. The molecular formula is C7H12Cl2N2O. The highest BCUT2D eigenvalue weighted by atomic mass is 35.5. The number of amides is 1. The molecule has 0 bridgehead atoms. The predicted octanol–water partition coefficient (Wildman–Crippen LogP) is 0.642. The maximum Gasteiger partial charge on any atom is 0.236 e. The highest BCUT2D eigenvalue weighted by molar-refractivity contribution is 6.24. The maximum absolute atomic E-state index is 10.9. The lowest BCUT2D eigenvalue weighted by Crippen LogP contribution is -2.56. The summed E-state index contributed by atoms with van der Waals surface area (Å²) in [5, 5.41) is 2.60. The first-order chi connectivity index (χ1) is 5.52. The molecule has 1 aliphatic rings. The first-order valence-corrected chi connectivity index (χ1v) is 4.73. The van der Waals surface area contributed by atoms with Gasteiger partial charge in [-0.15, -0.1) is 23.2 Å². The van der Waals surface area contributed by atoms with Crippen LogP contribution in [0.2, 0.25) is 0 Å². The van der Waals surface area contributed by atoms with Crippen molar-refractivity contribution < 1.29 is 4.79 Å². The molecule has 0 aromatic rings. The fourth-order valence-electron chi connectivity index (χ4n) is 1.38. The quantitative estimate of drug-likeness (QED) is 0.494. The summed E-state index contributed by atoms with van der Waals surface area (Å²) in [6.07, 6.45) is 0.763. The third kappa shape index (κ3) is 2.03. The molecule has 0 aliphatic carbocycles. The molecule has 12 heavy (non-hydrogen) atoms. The van der Waals surface area contributed by atoms with Gasteiger partial charge in [-0.25, -0.2) is 0 Å². The van der Waals surface area contributed by atoms with Crippen LogP contribution in [0, 0.1) is 5.92 Å². The van der Waals surface area contributed by atoms with E-state index in [0.29, 0.717) is 0 Å². The number of alkyl halides is 2. The Morgan fingerprint density at radius 1 is 1.58 bits per heavy atom. The van der Waals surface area contributed by atoms with Crippen LogP contribution in [0.3, 0.4) is 0 Å². The van der Waals surface area contributed by atoms with Crippen LogP contribution < -0.4 is 11.1 Å². The van der Waals surface area contributed by atoms with Gasteiger partial charge in [-0.1, -0.05) is 6.92 Å². The minimum absolute atomic E-state index is 0.201. The lowest BCUT2D eigenvalue weighted by atomic mass is 9.93. The molecule has 0 radical (unpaired) electrons. The van der Waals surface area contributed by atoms with E-state index < -0.39 is 11.9 Å². The van der Waals surface area contributed by atoms with Crippen LogP contribution >= 0.6 is 23.2 Å². The van der Waals surface area contributed by atoms with Crippen molar-refractivity contribution in [1.82, 2.24) is 5.32 Å². The molecule has 1 aliphatic heterocycles. The van der Waals surface area contributed by atoms with E-state index in [1.165, 1.54) is 0 Å². The Morgan fingerprint density at radius 2 is 2.17 bits per heavy atom. The van der Waals surface area contributed by atoms with Gasteiger partial charge in [-0.2, -0.15) is 0 Å². The molecule has 5 heteroatoms. The zero-order valence-corrected chi connectivity index (χ0v) is 8.27. The number of hydrogen-bond acceptors (Lipinski definition) is 2. The van der Waals surface area contributed by atoms with Crippen LogP contribution in [0.4, 0.5) is 0 Å². The highest BCUT2D eigenvalue weighted by Gasteiger charge is 2.36. The van der Waals surface area contributed by atoms with Crippen molar-refractivity contribution in [2.45, 2.75) is 30.3 Å². The van der Waals surface area contributed by atoms with Gasteiger partial charge in [-0.3, -0.25) is 10.1 Å². The Kier molecular flexibility index (Phi) is 3.21. The molecule has 1 saturated heterocycles. The van der Waals surface area contributed by atoms with Gasteiger partial charge in [0.05, 0.1) is 10.9 Å². The average Bonchev–Trinajstić information content (AvgIpc) is 1.96. The van der Waals surface area contributed by atoms with Crippen LogP contribution in [-0.2, 0) is 4.79 Å². The molecule has 1 fully saturated rings. The fourth-order valence-corrected chi connectivity index (χ4v) is 2.10. The van der Waals surface area contributed by atoms with E-state index >= 15 is 0 Å². The van der Waals surface area contributed by atoms with Crippen molar-refractivity contribution in [3.8, 4) is 0 Å². The number of nitrogens with one attached hydrogen (secondary N) is 1. The summed E-state index contributed by atoms with van der Waals surface area (Å²) in [6.45, 7) is 1.96. The molecule has 3 nitrogen and oxygen atoms in total. The molecule has 4 unspecified atom stereocenters. The third-order valence-corrected chi connectivity index (χ3v) is 3.09. The number of nitrogens with two attached hydrogens (primary N) is 1. The molecule has 0 aromatic carbocycles. The van der Waals surface area contributed by atoms with Gasteiger partial charge in [0, 0.05) is 0 Å². The summed E-state index contributed by atoms with van der Waals surface area (Å²) >= 11 is 11.8. The number of halogens is 2. The van der Waals surface area contributed by atoms with Gasteiger partial charge in [-0.05, 0) is 12.3 Å². The Labute approximate surface area is 81.6 Å². The molecule has 0 saturated carbocycles. The smallest absolute Gasteiger partial charge is 0.236 e. The fraction of sp³-hybridized carbons (Fsp3) is 0.857. The monoisotopic (exact) mass is 210 g/mol. The Morgan fingerprint density at radius 3 is 2.67 bits per heavy atom. The number of carbonyl (C=O) groups excluding carboxylic acids is 1. The van der Waals surface area contributed by atoms with Crippen LogP contribution in [0.15, 0.2) is 0 Å². The van der Waals surface area contributed by atoms with Crippen LogP contribution in [-0.4, -0.2) is 22.8 Å². The number of carbonyl (C=O) groups is 1. The Hall–Kier alpha value is 0.01000. The largest absolute Gasteiger partial charge is 0.368 e. The second-order valence-corrected chi connectivity index (χ2v) is 4.20. The van der Waals surface area contributed by atoms with Gasteiger partial charge in [0.15, 0.2) is 0 Å². The minimum Gasteiger partial charge on any atom is -0.368 e. The van der Waals surface area contributed by atoms with E-state index in [-0.39, 0.29) is 16.8 Å². The van der Waals surface area contributed by atoms with Crippen molar-refractivity contribution in [3.63, 3.8) is 0 Å². The summed E-state index contributed by atoms with van der Waals surface area (Å²) in [7, 11) is 0. The number of rotatable bonds is 1. The summed E-state index contributed by atoms with van der Waals surface area (Å²) in [6, 6.07) is -0.502. The Bertz CT molecular complexity index is 188.